The Hall–Kier alpha value is -4.55. The van der Waals surface area contributed by atoms with Crippen LogP contribution in [0.15, 0.2) is 54.9 Å². The molecule has 0 spiro atoms. The Morgan fingerprint density at radius 2 is 1.71 bits per heavy atom. The average molecular weight is 490 g/mol. The minimum absolute atomic E-state index is 0.0596. The van der Waals surface area contributed by atoms with E-state index >= 15 is 0 Å². The Bertz CT molecular complexity index is 1410. The van der Waals surface area contributed by atoms with Gasteiger partial charge in [0.25, 0.3) is 0 Å². The first-order chi connectivity index (χ1) is 16.6. The Balaban J connectivity index is 1.49. The van der Waals surface area contributed by atoms with E-state index in [0.717, 1.165) is 6.07 Å². The molecular weight excluding hydrogens is 475 g/mol. The SMILES string of the molecule is CNc1cnc2c(Oc3ccc(NC(=O)Nc4cc(C(F)(F)F)ccc4F)c(F)c3)ccnc2n1. The van der Waals surface area contributed by atoms with Crippen molar-refractivity contribution in [3.63, 3.8) is 0 Å². The second-order valence-electron chi connectivity index (χ2n) is 7.00. The highest BCUT2D eigenvalue weighted by Crippen LogP contribution is 2.32. The lowest BCUT2D eigenvalue weighted by atomic mass is 10.2. The fraction of sp³-hybridized carbons (Fsp3) is 0.0909. The third-order valence-electron chi connectivity index (χ3n) is 4.62. The first-order valence-corrected chi connectivity index (χ1v) is 9.85. The first kappa shape index (κ1) is 23.6. The second kappa shape index (κ2) is 9.37. The standard InChI is InChI=1S/C22H15F5N6O2/c1-28-18-10-30-19-17(6-7-29-20(19)33-18)35-12-3-5-15(14(24)9-12)31-21(34)32-16-8-11(22(25,26)27)2-4-13(16)23/h2-10H,1H3,(H,28,29,33)(H2,31,32,34). The molecule has 0 fully saturated rings. The molecular formula is C22H15F5N6O2. The van der Waals surface area contributed by atoms with Crippen LogP contribution in [0.4, 0.5) is 43.9 Å². The Labute approximate surface area is 194 Å². The number of alkyl halides is 3. The van der Waals surface area contributed by atoms with Crippen molar-refractivity contribution in [1.82, 2.24) is 15.0 Å². The van der Waals surface area contributed by atoms with E-state index in [9.17, 15) is 26.7 Å². The number of halogens is 5. The van der Waals surface area contributed by atoms with Gasteiger partial charge in [0, 0.05) is 25.4 Å². The molecule has 2 aromatic carbocycles. The van der Waals surface area contributed by atoms with Gasteiger partial charge in [0.1, 0.15) is 23.2 Å². The summed E-state index contributed by atoms with van der Waals surface area (Å²) in [5.74, 6) is -1.20. The van der Waals surface area contributed by atoms with Crippen LogP contribution in [0, 0.1) is 11.6 Å². The molecule has 3 N–H and O–H groups in total. The smallest absolute Gasteiger partial charge is 0.416 e. The van der Waals surface area contributed by atoms with Crippen molar-refractivity contribution in [1.29, 1.82) is 0 Å². The van der Waals surface area contributed by atoms with Crippen LogP contribution in [0.1, 0.15) is 5.56 Å². The number of anilines is 3. The topological polar surface area (TPSA) is 101 Å². The van der Waals surface area contributed by atoms with Gasteiger partial charge in [0.15, 0.2) is 16.9 Å². The van der Waals surface area contributed by atoms with E-state index in [4.69, 9.17) is 4.74 Å². The number of pyridine rings is 1. The molecule has 2 heterocycles. The maximum Gasteiger partial charge on any atom is 0.416 e. The Morgan fingerprint density at radius 3 is 2.43 bits per heavy atom. The van der Waals surface area contributed by atoms with Crippen molar-refractivity contribution < 1.29 is 31.5 Å². The summed E-state index contributed by atoms with van der Waals surface area (Å²) in [7, 11) is 1.67. The van der Waals surface area contributed by atoms with E-state index in [1.54, 1.807) is 7.05 Å². The van der Waals surface area contributed by atoms with Crippen LogP contribution in [0.5, 0.6) is 11.5 Å². The molecule has 2 aromatic heterocycles. The van der Waals surface area contributed by atoms with Gasteiger partial charge >= 0.3 is 12.2 Å². The number of urea groups is 1. The molecule has 0 atom stereocenters. The monoisotopic (exact) mass is 490 g/mol. The number of rotatable bonds is 5. The van der Waals surface area contributed by atoms with Crippen molar-refractivity contribution in [3.8, 4) is 11.5 Å². The zero-order valence-electron chi connectivity index (χ0n) is 17.7. The Kier molecular flexibility index (Phi) is 6.32. The highest BCUT2D eigenvalue weighted by molar-refractivity contribution is 6.00. The molecule has 8 nitrogen and oxygen atoms in total. The molecule has 0 aliphatic carbocycles. The minimum Gasteiger partial charge on any atom is -0.455 e. The van der Waals surface area contributed by atoms with E-state index in [1.807, 2.05) is 5.32 Å². The largest absolute Gasteiger partial charge is 0.455 e. The van der Waals surface area contributed by atoms with Crippen LogP contribution in [-0.4, -0.2) is 28.0 Å². The molecule has 0 bridgehead atoms. The summed E-state index contributed by atoms with van der Waals surface area (Å²) in [6.45, 7) is 0. The third kappa shape index (κ3) is 5.34. The minimum atomic E-state index is -4.73. The number of nitrogens with zero attached hydrogens (tertiary/aromatic N) is 3. The fourth-order valence-electron chi connectivity index (χ4n) is 2.96. The number of hydrogen-bond donors (Lipinski definition) is 3. The van der Waals surface area contributed by atoms with Gasteiger partial charge in [0.2, 0.25) is 0 Å². The van der Waals surface area contributed by atoms with Crippen LogP contribution < -0.4 is 20.7 Å². The molecule has 0 saturated carbocycles. The Morgan fingerprint density at radius 1 is 0.943 bits per heavy atom. The summed E-state index contributed by atoms with van der Waals surface area (Å²) < 4.78 is 72.6. The van der Waals surface area contributed by atoms with Gasteiger partial charge < -0.3 is 20.7 Å². The fourth-order valence-corrected chi connectivity index (χ4v) is 2.96. The zero-order valence-corrected chi connectivity index (χ0v) is 17.7. The number of benzene rings is 2. The van der Waals surface area contributed by atoms with Gasteiger partial charge in [-0.25, -0.2) is 28.5 Å². The van der Waals surface area contributed by atoms with Crippen molar-refractivity contribution in [2.75, 3.05) is 23.0 Å². The number of amides is 2. The molecule has 13 heteroatoms. The van der Waals surface area contributed by atoms with E-state index < -0.39 is 35.1 Å². The number of carbonyl (C=O) groups excluding carboxylic acids is 1. The normalized spacial score (nSPS) is 11.3. The van der Waals surface area contributed by atoms with E-state index in [2.05, 4.69) is 25.6 Å². The molecule has 0 saturated heterocycles. The quantitative estimate of drug-likeness (QED) is 0.306. The van der Waals surface area contributed by atoms with Crippen LogP contribution >= 0.6 is 0 Å². The maximum absolute atomic E-state index is 14.6. The van der Waals surface area contributed by atoms with Gasteiger partial charge in [-0.3, -0.25) is 0 Å². The zero-order chi connectivity index (χ0) is 25.2. The molecule has 4 rings (SSSR count). The molecule has 0 radical (unpaired) electrons. The van der Waals surface area contributed by atoms with Crippen molar-refractivity contribution in [3.05, 3.63) is 72.1 Å². The molecule has 35 heavy (non-hydrogen) atoms. The first-order valence-electron chi connectivity index (χ1n) is 9.85. The summed E-state index contributed by atoms with van der Waals surface area (Å²) in [6.07, 6.45) is -1.82. The number of ether oxygens (including phenoxy) is 1. The van der Waals surface area contributed by atoms with Crippen LogP contribution in [-0.2, 0) is 6.18 Å². The van der Waals surface area contributed by atoms with Crippen LogP contribution in [0.25, 0.3) is 11.2 Å². The van der Waals surface area contributed by atoms with Crippen molar-refractivity contribution >= 4 is 34.4 Å². The maximum atomic E-state index is 14.6. The van der Waals surface area contributed by atoms with Gasteiger partial charge in [-0.15, -0.1) is 0 Å². The lowest BCUT2D eigenvalue weighted by Gasteiger charge is -2.13. The van der Waals surface area contributed by atoms with E-state index in [0.29, 0.717) is 35.2 Å². The lowest BCUT2D eigenvalue weighted by Crippen LogP contribution is -2.21. The van der Waals surface area contributed by atoms with Gasteiger partial charge in [0.05, 0.1) is 23.1 Å². The summed E-state index contributed by atoms with van der Waals surface area (Å²) in [6, 6.07) is 5.38. The van der Waals surface area contributed by atoms with Gasteiger partial charge in [-0.2, -0.15) is 13.2 Å². The summed E-state index contributed by atoms with van der Waals surface area (Å²) >= 11 is 0. The van der Waals surface area contributed by atoms with Crippen LogP contribution in [0.3, 0.4) is 0 Å². The van der Waals surface area contributed by atoms with E-state index in [1.165, 1.54) is 30.6 Å². The summed E-state index contributed by atoms with van der Waals surface area (Å²) in [5, 5.41) is 6.87. The molecule has 0 aliphatic heterocycles. The number of carbonyl (C=O) groups is 1. The van der Waals surface area contributed by atoms with E-state index in [-0.39, 0.29) is 17.2 Å². The average Bonchev–Trinajstić information content (AvgIpc) is 2.81. The van der Waals surface area contributed by atoms with Crippen molar-refractivity contribution in [2.45, 2.75) is 6.18 Å². The number of hydrogen-bond acceptors (Lipinski definition) is 6. The highest BCUT2D eigenvalue weighted by Gasteiger charge is 2.31. The van der Waals surface area contributed by atoms with Gasteiger partial charge in [-0.1, -0.05) is 0 Å². The summed E-state index contributed by atoms with van der Waals surface area (Å²) in [5.41, 5.74) is -1.56. The molecule has 0 unspecified atom stereocenters. The van der Waals surface area contributed by atoms with Gasteiger partial charge in [-0.05, 0) is 30.3 Å². The molecule has 0 aliphatic rings. The lowest BCUT2D eigenvalue weighted by molar-refractivity contribution is -0.137. The van der Waals surface area contributed by atoms with Crippen molar-refractivity contribution in [2.24, 2.45) is 0 Å². The molecule has 2 amide bonds. The predicted octanol–water partition coefficient (Wildman–Crippen LogP) is 5.80. The summed E-state index contributed by atoms with van der Waals surface area (Å²) in [4.78, 5) is 24.7. The third-order valence-corrected chi connectivity index (χ3v) is 4.62. The highest BCUT2D eigenvalue weighted by atomic mass is 19.4. The number of fused-ring (bicyclic) bond motifs is 1. The molecule has 4 aromatic rings. The second-order valence-corrected chi connectivity index (χ2v) is 7.00. The van der Waals surface area contributed by atoms with Crippen LogP contribution in [0.2, 0.25) is 0 Å². The molecule has 180 valence electrons. The number of aromatic nitrogens is 3. The number of nitrogens with one attached hydrogen (secondary N) is 3. The predicted molar refractivity (Wildman–Crippen MR) is 117 cm³/mol.